The molecule has 0 saturated heterocycles. The van der Waals surface area contributed by atoms with Gasteiger partial charge in [-0.15, -0.1) is 0 Å². The van der Waals surface area contributed by atoms with Gasteiger partial charge < -0.3 is 0 Å². The molecule has 6 atom stereocenters. The standard InChI is InChI=1S/C27H33NO3/c1-26-13-10-22-19(21(26)4-3-5-24(26)30)8-6-18-7-9-23(29)20(16-27(18,22)2)25(31)17-11-14-28-15-12-17/h6,11-12,14-15,19-22H,3-5,7-10,13,16H2,1-2H3. The van der Waals surface area contributed by atoms with E-state index in [1.807, 2.05) is 0 Å². The minimum Gasteiger partial charge on any atom is -0.299 e. The maximum Gasteiger partial charge on any atom is 0.173 e. The lowest BCUT2D eigenvalue weighted by Gasteiger charge is -2.58. The zero-order valence-corrected chi connectivity index (χ0v) is 18.7. The summed E-state index contributed by atoms with van der Waals surface area (Å²) in [5, 5.41) is 0. The Morgan fingerprint density at radius 2 is 1.74 bits per heavy atom. The maximum absolute atomic E-state index is 13.3. The molecule has 0 aromatic carbocycles. The number of carbonyl (C=O) groups is 3. The number of fused-ring (bicyclic) bond motifs is 5. The van der Waals surface area contributed by atoms with Crippen molar-refractivity contribution in [2.45, 2.75) is 71.6 Å². The van der Waals surface area contributed by atoms with Gasteiger partial charge in [-0.2, -0.15) is 0 Å². The summed E-state index contributed by atoms with van der Waals surface area (Å²) in [6.45, 7) is 4.53. The predicted molar refractivity (Wildman–Crippen MR) is 118 cm³/mol. The molecule has 0 radical (unpaired) electrons. The fraction of sp³-hybridized carbons (Fsp3) is 0.630. The molecule has 1 aromatic rings. The van der Waals surface area contributed by atoms with Crippen molar-refractivity contribution in [3.8, 4) is 0 Å². The van der Waals surface area contributed by atoms with Crippen molar-refractivity contribution in [3.63, 3.8) is 0 Å². The van der Waals surface area contributed by atoms with Crippen LogP contribution >= 0.6 is 0 Å². The molecule has 3 fully saturated rings. The van der Waals surface area contributed by atoms with E-state index >= 15 is 0 Å². The first kappa shape index (κ1) is 20.8. The van der Waals surface area contributed by atoms with Gasteiger partial charge in [0.2, 0.25) is 0 Å². The summed E-state index contributed by atoms with van der Waals surface area (Å²) in [5.41, 5.74) is 1.67. The zero-order valence-electron chi connectivity index (χ0n) is 18.7. The number of aromatic nitrogens is 1. The number of hydrogen-bond acceptors (Lipinski definition) is 4. The molecule has 3 saturated carbocycles. The Balaban J connectivity index is 1.49. The van der Waals surface area contributed by atoms with Crippen LogP contribution in [0.25, 0.3) is 0 Å². The van der Waals surface area contributed by atoms with E-state index in [1.165, 1.54) is 5.57 Å². The zero-order chi connectivity index (χ0) is 21.8. The lowest BCUT2D eigenvalue weighted by atomic mass is 9.46. The van der Waals surface area contributed by atoms with Crippen LogP contribution in [0.5, 0.6) is 0 Å². The van der Waals surface area contributed by atoms with E-state index in [0.717, 1.165) is 44.9 Å². The smallest absolute Gasteiger partial charge is 0.173 e. The van der Waals surface area contributed by atoms with Gasteiger partial charge in [0.25, 0.3) is 0 Å². The van der Waals surface area contributed by atoms with Crippen LogP contribution in [0.3, 0.4) is 0 Å². The lowest BCUT2D eigenvalue weighted by molar-refractivity contribution is -0.144. The van der Waals surface area contributed by atoms with Gasteiger partial charge in [-0.3, -0.25) is 19.4 Å². The fourth-order valence-electron chi connectivity index (χ4n) is 7.72. The van der Waals surface area contributed by atoms with Gasteiger partial charge in [0.15, 0.2) is 5.78 Å². The summed E-state index contributed by atoms with van der Waals surface area (Å²) < 4.78 is 0. The molecule has 1 aromatic heterocycles. The van der Waals surface area contributed by atoms with Crippen LogP contribution in [0, 0.1) is 34.5 Å². The highest BCUT2D eigenvalue weighted by Crippen LogP contribution is 2.63. The van der Waals surface area contributed by atoms with E-state index < -0.39 is 5.92 Å². The van der Waals surface area contributed by atoms with Gasteiger partial charge in [-0.05, 0) is 80.2 Å². The number of nitrogens with zero attached hydrogens (tertiary/aromatic N) is 1. The number of hydrogen-bond donors (Lipinski definition) is 0. The highest BCUT2D eigenvalue weighted by Gasteiger charge is 2.57. The van der Waals surface area contributed by atoms with Crippen LogP contribution in [0.15, 0.2) is 36.2 Å². The van der Waals surface area contributed by atoms with Crippen molar-refractivity contribution in [1.29, 1.82) is 0 Å². The average Bonchev–Trinajstić information content (AvgIpc) is 2.91. The van der Waals surface area contributed by atoms with Crippen molar-refractivity contribution in [2.75, 3.05) is 0 Å². The minimum absolute atomic E-state index is 0.0505. The SMILES string of the molecule is CC12CCC3C(CC=C4CCC(=O)C(C(=O)c5ccncc5)CC43C)C1CCCC2=O. The largest absolute Gasteiger partial charge is 0.299 e. The van der Waals surface area contributed by atoms with Gasteiger partial charge >= 0.3 is 0 Å². The van der Waals surface area contributed by atoms with Gasteiger partial charge in [0.1, 0.15) is 11.6 Å². The molecule has 0 aliphatic heterocycles. The van der Waals surface area contributed by atoms with Gasteiger partial charge in [0, 0.05) is 36.2 Å². The van der Waals surface area contributed by atoms with Gasteiger partial charge in [-0.25, -0.2) is 0 Å². The number of pyridine rings is 1. The molecule has 5 rings (SSSR count). The first-order valence-electron chi connectivity index (χ1n) is 12.0. The highest BCUT2D eigenvalue weighted by molar-refractivity contribution is 6.10. The summed E-state index contributed by atoms with van der Waals surface area (Å²) >= 11 is 0. The Morgan fingerprint density at radius 3 is 2.52 bits per heavy atom. The van der Waals surface area contributed by atoms with E-state index in [9.17, 15) is 14.4 Å². The monoisotopic (exact) mass is 419 g/mol. The van der Waals surface area contributed by atoms with Crippen molar-refractivity contribution in [2.24, 2.45) is 34.5 Å². The molecule has 31 heavy (non-hydrogen) atoms. The Kier molecular flexibility index (Phi) is 5.02. The van der Waals surface area contributed by atoms with Crippen LogP contribution in [-0.4, -0.2) is 22.3 Å². The molecule has 4 nitrogen and oxygen atoms in total. The molecule has 6 unspecified atom stereocenters. The maximum atomic E-state index is 13.3. The molecule has 4 aliphatic carbocycles. The number of rotatable bonds is 2. The van der Waals surface area contributed by atoms with Crippen LogP contribution in [-0.2, 0) is 9.59 Å². The topological polar surface area (TPSA) is 64.1 Å². The third-order valence-corrected chi connectivity index (χ3v) is 9.51. The molecule has 1 heterocycles. The Morgan fingerprint density at radius 1 is 1.00 bits per heavy atom. The van der Waals surface area contributed by atoms with Crippen molar-refractivity contribution < 1.29 is 14.4 Å². The van der Waals surface area contributed by atoms with E-state index in [1.54, 1.807) is 24.5 Å². The summed E-state index contributed by atoms with van der Waals surface area (Å²) in [5.74, 6) is 1.31. The molecule has 0 N–H and O–H groups in total. The van der Waals surface area contributed by atoms with Gasteiger partial charge in [0.05, 0.1) is 5.92 Å². The molecule has 0 amide bonds. The molecular formula is C27H33NO3. The summed E-state index contributed by atoms with van der Waals surface area (Å²) in [4.78, 5) is 43.3. The first-order valence-corrected chi connectivity index (χ1v) is 12.0. The number of allylic oxidation sites excluding steroid dienone is 2. The van der Waals surface area contributed by atoms with Crippen LogP contribution < -0.4 is 0 Å². The minimum atomic E-state index is -0.571. The summed E-state index contributed by atoms with van der Waals surface area (Å²) in [6, 6.07) is 3.45. The van der Waals surface area contributed by atoms with Crippen LogP contribution in [0.4, 0.5) is 0 Å². The van der Waals surface area contributed by atoms with E-state index in [-0.39, 0.29) is 22.4 Å². The second-order valence-electron chi connectivity index (χ2n) is 10.9. The Bertz CT molecular complexity index is 950. The molecule has 0 bridgehead atoms. The lowest BCUT2D eigenvalue weighted by Crippen LogP contribution is -2.53. The highest BCUT2D eigenvalue weighted by atomic mass is 16.2. The second kappa shape index (κ2) is 7.50. The van der Waals surface area contributed by atoms with E-state index in [2.05, 4.69) is 24.9 Å². The predicted octanol–water partition coefficient (Wildman–Crippen LogP) is 5.37. The summed E-state index contributed by atoms with van der Waals surface area (Å²) in [7, 11) is 0. The number of carbonyl (C=O) groups excluding carboxylic acids is 3. The third-order valence-electron chi connectivity index (χ3n) is 9.51. The Labute approximate surface area is 184 Å². The number of ketones is 3. The normalized spacial score (nSPS) is 40.1. The van der Waals surface area contributed by atoms with E-state index in [4.69, 9.17) is 0 Å². The van der Waals surface area contributed by atoms with Crippen molar-refractivity contribution in [1.82, 2.24) is 4.98 Å². The van der Waals surface area contributed by atoms with Crippen LogP contribution in [0.1, 0.15) is 82.0 Å². The fourth-order valence-corrected chi connectivity index (χ4v) is 7.72. The van der Waals surface area contributed by atoms with Crippen LogP contribution in [0.2, 0.25) is 0 Å². The molecule has 0 spiro atoms. The molecular weight excluding hydrogens is 386 g/mol. The van der Waals surface area contributed by atoms with E-state index in [0.29, 0.717) is 41.9 Å². The average molecular weight is 420 g/mol. The number of Topliss-reactive ketones (excluding diaryl/α,β-unsaturated/α-hetero) is 3. The molecule has 4 aliphatic rings. The molecule has 164 valence electrons. The second-order valence-corrected chi connectivity index (χ2v) is 10.9. The van der Waals surface area contributed by atoms with Crippen molar-refractivity contribution in [3.05, 3.63) is 41.7 Å². The first-order chi connectivity index (χ1) is 14.8. The van der Waals surface area contributed by atoms with Gasteiger partial charge in [-0.1, -0.05) is 25.5 Å². The quantitative estimate of drug-likeness (QED) is 0.367. The Hall–Kier alpha value is -2.10. The summed E-state index contributed by atoms with van der Waals surface area (Å²) in [6.07, 6.45) is 13.4. The third kappa shape index (κ3) is 3.16. The molecule has 4 heteroatoms. The van der Waals surface area contributed by atoms with Crippen molar-refractivity contribution >= 4 is 17.3 Å².